The van der Waals surface area contributed by atoms with Crippen molar-refractivity contribution < 1.29 is 24.2 Å². The van der Waals surface area contributed by atoms with Crippen molar-refractivity contribution in [3.05, 3.63) is 0 Å². The zero-order valence-electron chi connectivity index (χ0n) is 12.5. The molecule has 0 spiro atoms. The number of hydrogen-bond acceptors (Lipinski definition) is 4. The molecule has 21 heavy (non-hydrogen) atoms. The van der Waals surface area contributed by atoms with E-state index in [2.05, 4.69) is 5.32 Å². The van der Waals surface area contributed by atoms with E-state index < -0.39 is 12.0 Å². The van der Waals surface area contributed by atoms with Crippen molar-refractivity contribution in [1.82, 2.24) is 10.2 Å². The average molecular weight is 300 g/mol. The molecule has 0 aliphatic heterocycles. The molecule has 0 aromatic rings. The minimum absolute atomic E-state index is 0.0411. The second-order valence-electron chi connectivity index (χ2n) is 5.39. The number of hydrogen-bond donors (Lipinski definition) is 2. The maximum Gasteiger partial charge on any atom is 0.323 e. The van der Waals surface area contributed by atoms with E-state index >= 15 is 0 Å². The quantitative estimate of drug-likeness (QED) is 0.591. The molecule has 3 amide bonds. The third-order valence-corrected chi connectivity index (χ3v) is 3.26. The standard InChI is InChI=1S/C14H24N2O5/c1-16(8-9-21-10-11-6-7-11)14(20)15-12(17)4-2-3-5-13(18)19/h11H,2-10H2,1H3,(H,18,19)(H,15,17,20). The number of carbonyl (C=O) groups excluding carboxylic acids is 2. The summed E-state index contributed by atoms with van der Waals surface area (Å²) < 4.78 is 5.42. The van der Waals surface area contributed by atoms with E-state index in [1.54, 1.807) is 7.05 Å². The van der Waals surface area contributed by atoms with Crippen molar-refractivity contribution in [3.63, 3.8) is 0 Å². The number of amides is 3. The Hall–Kier alpha value is -1.63. The highest BCUT2D eigenvalue weighted by atomic mass is 16.5. The smallest absolute Gasteiger partial charge is 0.323 e. The maximum atomic E-state index is 11.7. The van der Waals surface area contributed by atoms with Gasteiger partial charge in [0.2, 0.25) is 5.91 Å². The van der Waals surface area contributed by atoms with Gasteiger partial charge in [0.25, 0.3) is 0 Å². The number of carboxylic acid groups (broad SMARTS) is 1. The summed E-state index contributed by atoms with van der Waals surface area (Å²) >= 11 is 0. The van der Waals surface area contributed by atoms with Crippen molar-refractivity contribution in [3.8, 4) is 0 Å². The van der Waals surface area contributed by atoms with Crippen LogP contribution in [0.3, 0.4) is 0 Å². The topological polar surface area (TPSA) is 95.9 Å². The molecule has 120 valence electrons. The SMILES string of the molecule is CN(CCOCC1CC1)C(=O)NC(=O)CCCCC(=O)O. The summed E-state index contributed by atoms with van der Waals surface area (Å²) in [4.78, 5) is 34.9. The van der Waals surface area contributed by atoms with Gasteiger partial charge in [-0.3, -0.25) is 14.9 Å². The molecule has 0 unspecified atom stereocenters. The fourth-order valence-corrected chi connectivity index (χ4v) is 1.68. The van der Waals surface area contributed by atoms with Crippen LogP contribution >= 0.6 is 0 Å². The lowest BCUT2D eigenvalue weighted by Gasteiger charge is -2.17. The number of carboxylic acids is 1. The third-order valence-electron chi connectivity index (χ3n) is 3.26. The lowest BCUT2D eigenvalue weighted by Crippen LogP contribution is -2.42. The largest absolute Gasteiger partial charge is 0.481 e. The lowest BCUT2D eigenvalue weighted by atomic mass is 10.2. The van der Waals surface area contributed by atoms with Crippen LogP contribution in [0.5, 0.6) is 0 Å². The second kappa shape index (κ2) is 9.33. The summed E-state index contributed by atoms with van der Waals surface area (Å²) in [5.41, 5.74) is 0. The average Bonchev–Trinajstić information content (AvgIpc) is 3.23. The Balaban J connectivity index is 2.03. The predicted octanol–water partition coefficient (Wildman–Crippen LogP) is 1.23. The van der Waals surface area contributed by atoms with Crippen LogP contribution in [0.25, 0.3) is 0 Å². The molecule has 0 bridgehead atoms. The number of ether oxygens (including phenoxy) is 1. The molecule has 7 nitrogen and oxygen atoms in total. The molecule has 0 saturated heterocycles. The molecule has 1 aliphatic carbocycles. The first-order valence-electron chi connectivity index (χ1n) is 7.33. The van der Waals surface area contributed by atoms with Crippen molar-refractivity contribution in [2.45, 2.75) is 38.5 Å². The number of rotatable bonds is 10. The van der Waals surface area contributed by atoms with E-state index in [1.807, 2.05) is 0 Å². The lowest BCUT2D eigenvalue weighted by molar-refractivity contribution is -0.137. The van der Waals surface area contributed by atoms with Gasteiger partial charge in [-0.25, -0.2) is 4.79 Å². The van der Waals surface area contributed by atoms with Gasteiger partial charge in [-0.15, -0.1) is 0 Å². The van der Waals surface area contributed by atoms with Crippen LogP contribution in [0.1, 0.15) is 38.5 Å². The summed E-state index contributed by atoms with van der Waals surface area (Å²) in [5, 5.41) is 10.7. The highest BCUT2D eigenvalue weighted by molar-refractivity contribution is 5.94. The van der Waals surface area contributed by atoms with Gasteiger partial charge < -0.3 is 14.7 Å². The Labute approximate surface area is 124 Å². The van der Waals surface area contributed by atoms with Crippen LogP contribution in [0.4, 0.5) is 4.79 Å². The second-order valence-corrected chi connectivity index (χ2v) is 5.39. The van der Waals surface area contributed by atoms with Gasteiger partial charge in [0, 0.05) is 33.0 Å². The molecule has 0 aromatic carbocycles. The number of likely N-dealkylation sites (N-methyl/N-ethyl adjacent to an activating group) is 1. The molecule has 1 aliphatic rings. The maximum absolute atomic E-state index is 11.7. The predicted molar refractivity (Wildman–Crippen MR) is 75.8 cm³/mol. The summed E-state index contributed by atoms with van der Waals surface area (Å²) in [6.07, 6.45) is 3.55. The number of unbranched alkanes of at least 4 members (excludes halogenated alkanes) is 1. The fraction of sp³-hybridized carbons (Fsp3) is 0.786. The Morgan fingerprint density at radius 3 is 2.52 bits per heavy atom. The molecule has 0 atom stereocenters. The van der Waals surface area contributed by atoms with Gasteiger partial charge in [-0.2, -0.15) is 0 Å². The van der Waals surface area contributed by atoms with Gasteiger partial charge in [0.15, 0.2) is 0 Å². The van der Waals surface area contributed by atoms with Gasteiger partial charge in [0.1, 0.15) is 0 Å². The summed E-state index contributed by atoms with van der Waals surface area (Å²) in [6.45, 7) is 1.65. The Bertz CT molecular complexity index is 368. The minimum atomic E-state index is -0.877. The normalized spacial score (nSPS) is 13.8. The van der Waals surface area contributed by atoms with Crippen LogP contribution in [0, 0.1) is 5.92 Å². The van der Waals surface area contributed by atoms with Crippen molar-refractivity contribution >= 4 is 17.9 Å². The molecule has 1 fully saturated rings. The number of nitrogens with zero attached hydrogens (tertiary/aromatic N) is 1. The number of nitrogens with one attached hydrogen (secondary N) is 1. The first kappa shape index (κ1) is 17.4. The summed E-state index contributed by atoms with van der Waals surface area (Å²) in [7, 11) is 1.60. The summed E-state index contributed by atoms with van der Waals surface area (Å²) in [6, 6.07) is -0.451. The summed E-state index contributed by atoms with van der Waals surface area (Å²) in [5.74, 6) is -0.565. The van der Waals surface area contributed by atoms with Gasteiger partial charge in [-0.05, 0) is 31.6 Å². The number of imide groups is 1. The monoisotopic (exact) mass is 300 g/mol. The highest BCUT2D eigenvalue weighted by Crippen LogP contribution is 2.28. The fourth-order valence-electron chi connectivity index (χ4n) is 1.68. The van der Waals surface area contributed by atoms with E-state index in [0.29, 0.717) is 31.9 Å². The molecule has 0 aromatic heterocycles. The van der Waals surface area contributed by atoms with Crippen molar-refractivity contribution in [2.24, 2.45) is 5.92 Å². The molecule has 0 heterocycles. The molecule has 1 saturated carbocycles. The van der Waals surface area contributed by atoms with E-state index in [1.165, 1.54) is 17.7 Å². The van der Waals surface area contributed by atoms with E-state index in [0.717, 1.165) is 6.61 Å². The highest BCUT2D eigenvalue weighted by Gasteiger charge is 2.21. The molecular weight excluding hydrogens is 276 g/mol. The molecular formula is C14H24N2O5. The van der Waals surface area contributed by atoms with E-state index in [-0.39, 0.29) is 18.7 Å². The first-order chi connectivity index (χ1) is 9.99. The van der Waals surface area contributed by atoms with Gasteiger partial charge in [-0.1, -0.05) is 0 Å². The van der Waals surface area contributed by atoms with Crippen LogP contribution in [-0.2, 0) is 14.3 Å². The molecule has 1 rings (SSSR count). The van der Waals surface area contributed by atoms with E-state index in [4.69, 9.17) is 9.84 Å². The van der Waals surface area contributed by atoms with E-state index in [9.17, 15) is 14.4 Å². The number of aliphatic carboxylic acids is 1. The molecule has 7 heteroatoms. The third kappa shape index (κ3) is 9.01. The minimum Gasteiger partial charge on any atom is -0.481 e. The zero-order chi connectivity index (χ0) is 15.7. The Morgan fingerprint density at radius 1 is 1.24 bits per heavy atom. The molecule has 0 radical (unpaired) electrons. The number of urea groups is 1. The molecule has 2 N–H and O–H groups in total. The van der Waals surface area contributed by atoms with Gasteiger partial charge >= 0.3 is 12.0 Å². The van der Waals surface area contributed by atoms with Crippen LogP contribution < -0.4 is 5.32 Å². The van der Waals surface area contributed by atoms with Crippen molar-refractivity contribution in [2.75, 3.05) is 26.8 Å². The Kier molecular flexibility index (Phi) is 7.74. The zero-order valence-corrected chi connectivity index (χ0v) is 12.5. The number of carbonyl (C=O) groups is 3. The van der Waals surface area contributed by atoms with Crippen LogP contribution in [0.15, 0.2) is 0 Å². The van der Waals surface area contributed by atoms with Crippen LogP contribution in [0.2, 0.25) is 0 Å². The van der Waals surface area contributed by atoms with Crippen molar-refractivity contribution in [1.29, 1.82) is 0 Å². The Morgan fingerprint density at radius 2 is 1.90 bits per heavy atom. The van der Waals surface area contributed by atoms with Gasteiger partial charge in [0.05, 0.1) is 6.61 Å². The first-order valence-corrected chi connectivity index (χ1v) is 7.33. The van der Waals surface area contributed by atoms with Crippen LogP contribution in [-0.4, -0.2) is 54.7 Å².